The third kappa shape index (κ3) is 12.0. The van der Waals surface area contributed by atoms with Crippen molar-refractivity contribution in [3.8, 4) is 5.75 Å². The molecule has 47 heavy (non-hydrogen) atoms. The first-order chi connectivity index (χ1) is 22.3. The zero-order valence-electron chi connectivity index (χ0n) is 25.2. The molecular formula is C32H36ClN7O7. The van der Waals surface area contributed by atoms with Crippen LogP contribution in [0.4, 0.5) is 11.4 Å². The molecule has 0 aliphatic rings. The second-order valence-electron chi connectivity index (χ2n) is 10.5. The maximum atomic E-state index is 13.6. The van der Waals surface area contributed by atoms with Gasteiger partial charge in [0.15, 0.2) is 0 Å². The molecule has 2 atom stereocenters. The highest BCUT2D eigenvalue weighted by atomic mass is 35.5. The molecule has 0 spiro atoms. The lowest BCUT2D eigenvalue weighted by Crippen LogP contribution is -2.49. The van der Waals surface area contributed by atoms with Crippen molar-refractivity contribution in [3.05, 3.63) is 101 Å². The van der Waals surface area contributed by atoms with Gasteiger partial charge in [-0.25, -0.2) is 0 Å². The molecule has 0 radical (unpaired) electrons. The van der Waals surface area contributed by atoms with Gasteiger partial charge in [-0.05, 0) is 73.0 Å². The second kappa shape index (κ2) is 17.2. The van der Waals surface area contributed by atoms with Crippen molar-refractivity contribution in [1.82, 2.24) is 16.0 Å². The number of amides is 4. The van der Waals surface area contributed by atoms with Gasteiger partial charge in [-0.3, -0.25) is 24.0 Å². The Balaban J connectivity index is 1.89. The maximum Gasteiger partial charge on any atom is 0.322 e. The van der Waals surface area contributed by atoms with Crippen LogP contribution in [0.15, 0.2) is 79.1 Å². The van der Waals surface area contributed by atoms with Crippen LogP contribution in [0, 0.1) is 0 Å². The number of carboxylic acids is 1. The van der Waals surface area contributed by atoms with E-state index in [1.807, 2.05) is 0 Å². The molecule has 15 heteroatoms. The van der Waals surface area contributed by atoms with Gasteiger partial charge in [0.1, 0.15) is 18.3 Å². The zero-order chi connectivity index (χ0) is 34.5. The summed E-state index contributed by atoms with van der Waals surface area (Å²) in [5.41, 5.74) is 12.5. The highest BCUT2D eigenvalue weighted by molar-refractivity contribution is 6.30. The number of anilines is 2. The first-order valence-electron chi connectivity index (χ1n) is 14.4. The number of nitrogens with two attached hydrogens (primary N) is 2. The molecule has 0 saturated carbocycles. The Morgan fingerprint density at radius 1 is 0.830 bits per heavy atom. The van der Waals surface area contributed by atoms with Crippen LogP contribution in [-0.2, 0) is 20.8 Å². The highest BCUT2D eigenvalue weighted by Gasteiger charge is 2.24. The number of phenols is 1. The van der Waals surface area contributed by atoms with E-state index in [2.05, 4.69) is 33.2 Å². The molecule has 4 amide bonds. The fraction of sp³-hybridized carbons (Fsp3) is 0.219. The lowest BCUT2D eigenvalue weighted by molar-refractivity contribution is -0.138. The normalized spacial score (nSPS) is 11.8. The van der Waals surface area contributed by atoms with E-state index in [-0.39, 0.29) is 34.8 Å². The van der Waals surface area contributed by atoms with E-state index < -0.39 is 48.2 Å². The third-order valence-corrected chi connectivity index (χ3v) is 6.87. The smallest absolute Gasteiger partial charge is 0.322 e. The Bertz CT molecular complexity index is 1610. The van der Waals surface area contributed by atoms with E-state index in [9.17, 15) is 29.1 Å². The summed E-state index contributed by atoms with van der Waals surface area (Å²) in [5.74, 6) is -3.78. The minimum atomic E-state index is -1.29. The quantitative estimate of drug-likeness (QED) is 0.101. The molecule has 248 valence electrons. The number of carbonyl (C=O) groups excluding carboxylic acids is 4. The number of benzene rings is 3. The minimum Gasteiger partial charge on any atom is -0.508 e. The summed E-state index contributed by atoms with van der Waals surface area (Å²) in [4.78, 5) is 63.7. The highest BCUT2D eigenvalue weighted by Crippen LogP contribution is 2.20. The molecule has 11 N–H and O–H groups in total. The van der Waals surface area contributed by atoms with Crippen molar-refractivity contribution in [2.45, 2.75) is 31.3 Å². The SMILES string of the molecule is C=C(N)NCCCC(N)C(=O)Nc1cc(C(=O)Nc2ccc(Cl)cc2)cc(C(=O)NC(Cc2ccc(O)cc2)C(=O)NCC(=O)O)c1. The summed E-state index contributed by atoms with van der Waals surface area (Å²) >= 11 is 5.94. The van der Waals surface area contributed by atoms with Gasteiger partial charge in [-0.2, -0.15) is 0 Å². The predicted molar refractivity (Wildman–Crippen MR) is 177 cm³/mol. The van der Waals surface area contributed by atoms with Gasteiger partial charge in [0.05, 0.1) is 11.9 Å². The molecule has 0 saturated heterocycles. The monoisotopic (exact) mass is 665 g/mol. The van der Waals surface area contributed by atoms with Crippen LogP contribution in [0.2, 0.25) is 5.02 Å². The number of hydrogen-bond acceptors (Lipinski definition) is 9. The van der Waals surface area contributed by atoms with Gasteiger partial charge >= 0.3 is 5.97 Å². The van der Waals surface area contributed by atoms with Gasteiger partial charge in [-0.1, -0.05) is 30.3 Å². The average Bonchev–Trinajstić information content (AvgIpc) is 3.03. The van der Waals surface area contributed by atoms with E-state index >= 15 is 0 Å². The first-order valence-corrected chi connectivity index (χ1v) is 14.7. The fourth-order valence-corrected chi connectivity index (χ4v) is 4.37. The van der Waals surface area contributed by atoms with Crippen LogP contribution >= 0.6 is 11.6 Å². The largest absolute Gasteiger partial charge is 0.508 e. The predicted octanol–water partition coefficient (Wildman–Crippen LogP) is 1.91. The molecule has 0 aromatic heterocycles. The van der Waals surface area contributed by atoms with Crippen molar-refractivity contribution in [2.75, 3.05) is 23.7 Å². The average molecular weight is 666 g/mol. The molecule has 0 heterocycles. The topological polar surface area (TPSA) is 238 Å². The van der Waals surface area contributed by atoms with Crippen LogP contribution in [0.1, 0.15) is 39.1 Å². The number of aliphatic carboxylic acids is 1. The van der Waals surface area contributed by atoms with Gasteiger partial charge in [0.2, 0.25) is 11.8 Å². The van der Waals surface area contributed by atoms with Gasteiger partial charge < -0.3 is 48.3 Å². The molecule has 3 rings (SSSR count). The lowest BCUT2D eigenvalue weighted by Gasteiger charge is -2.19. The Labute approximate surface area is 275 Å². The Morgan fingerprint density at radius 3 is 2.09 bits per heavy atom. The molecule has 0 aliphatic heterocycles. The molecule has 3 aromatic carbocycles. The number of hydrogen-bond donors (Lipinski definition) is 9. The van der Waals surface area contributed by atoms with E-state index in [4.69, 9.17) is 28.2 Å². The number of aromatic hydroxyl groups is 1. The number of rotatable bonds is 16. The van der Waals surface area contributed by atoms with Crippen molar-refractivity contribution >= 4 is 52.6 Å². The van der Waals surface area contributed by atoms with Crippen LogP contribution in [0.5, 0.6) is 5.75 Å². The molecule has 3 aromatic rings. The molecule has 0 aliphatic carbocycles. The van der Waals surface area contributed by atoms with Crippen LogP contribution in [0.25, 0.3) is 0 Å². The minimum absolute atomic E-state index is 0.00690. The van der Waals surface area contributed by atoms with Gasteiger partial charge in [0, 0.05) is 40.5 Å². The van der Waals surface area contributed by atoms with Crippen LogP contribution in [0.3, 0.4) is 0 Å². The van der Waals surface area contributed by atoms with Crippen molar-refractivity contribution < 1.29 is 34.2 Å². The number of phenolic OH excluding ortho intramolecular Hbond substituents is 1. The van der Waals surface area contributed by atoms with Gasteiger partial charge in [0.25, 0.3) is 11.8 Å². The molecule has 2 unspecified atom stereocenters. The fourth-order valence-electron chi connectivity index (χ4n) is 4.24. The maximum absolute atomic E-state index is 13.6. The Kier molecular flexibility index (Phi) is 13.1. The van der Waals surface area contributed by atoms with Crippen LogP contribution < -0.4 is 38.1 Å². The Hall–Kier alpha value is -5.60. The molecule has 14 nitrogen and oxygen atoms in total. The summed E-state index contributed by atoms with van der Waals surface area (Å²) in [7, 11) is 0. The van der Waals surface area contributed by atoms with Crippen molar-refractivity contribution in [3.63, 3.8) is 0 Å². The standard InChI is InChI=1S/C32H36ClN7O7/c1-18(34)36-12-2-3-26(35)31(46)39-24-15-20(29(44)38-23-8-6-22(33)7-9-23)14-21(16-24)30(45)40-27(32(47)37-17-28(42)43)13-19-4-10-25(41)11-5-19/h4-11,14-16,26-27,36,41H,1-3,12-13,17,34-35H2,(H,37,47)(H,38,44)(H,39,46)(H,40,45)(H,42,43). The summed E-state index contributed by atoms with van der Waals surface area (Å²) < 4.78 is 0. The first kappa shape index (κ1) is 35.9. The second-order valence-corrected chi connectivity index (χ2v) is 10.9. The number of carboxylic acid groups (broad SMARTS) is 1. The molecule has 0 fully saturated rings. The number of nitrogens with one attached hydrogen (secondary N) is 5. The van der Waals surface area contributed by atoms with E-state index in [0.29, 0.717) is 35.7 Å². The van der Waals surface area contributed by atoms with Crippen molar-refractivity contribution in [2.24, 2.45) is 11.5 Å². The molecular weight excluding hydrogens is 630 g/mol. The number of carbonyl (C=O) groups is 5. The lowest BCUT2D eigenvalue weighted by atomic mass is 10.0. The van der Waals surface area contributed by atoms with Gasteiger partial charge in [-0.15, -0.1) is 0 Å². The summed E-state index contributed by atoms with van der Waals surface area (Å²) in [6.45, 7) is 3.30. The van der Waals surface area contributed by atoms with E-state index in [1.54, 1.807) is 36.4 Å². The molecule has 0 bridgehead atoms. The third-order valence-electron chi connectivity index (χ3n) is 6.62. The Morgan fingerprint density at radius 2 is 1.47 bits per heavy atom. The summed E-state index contributed by atoms with van der Waals surface area (Å²) in [6, 6.07) is 14.0. The zero-order valence-corrected chi connectivity index (χ0v) is 26.0. The summed E-state index contributed by atoms with van der Waals surface area (Å²) in [6.07, 6.45) is 0.744. The van der Waals surface area contributed by atoms with Crippen molar-refractivity contribution in [1.29, 1.82) is 0 Å². The van der Waals surface area contributed by atoms with Crippen LogP contribution in [-0.4, -0.2) is 65.0 Å². The van der Waals surface area contributed by atoms with E-state index in [1.165, 1.54) is 30.3 Å². The number of halogens is 1. The van der Waals surface area contributed by atoms with E-state index in [0.717, 1.165) is 0 Å². The summed E-state index contributed by atoms with van der Waals surface area (Å²) in [5, 5.41) is 32.1.